The van der Waals surface area contributed by atoms with Crippen molar-refractivity contribution in [1.29, 1.82) is 0 Å². The van der Waals surface area contributed by atoms with Crippen molar-refractivity contribution in [2.24, 2.45) is 0 Å². The van der Waals surface area contributed by atoms with E-state index in [2.05, 4.69) is 14.9 Å². The highest BCUT2D eigenvalue weighted by Gasteiger charge is 2.18. The molecule has 5 nitrogen and oxygen atoms in total. The monoisotopic (exact) mass is 238 g/mol. The fraction of sp³-hybridized carbons (Fsp3) is 0.300. The molecule has 0 saturated carbocycles. The Balaban J connectivity index is 2.35. The largest absolute Gasteiger partial charge is 0.462 e. The molecule has 0 saturated heterocycles. The van der Waals surface area contributed by atoms with Crippen LogP contribution >= 0.6 is 11.3 Å². The van der Waals surface area contributed by atoms with Crippen molar-refractivity contribution in [1.82, 2.24) is 10.2 Å². The smallest absolute Gasteiger partial charge is 0.396 e. The number of carbonyl (C=O) groups excluding carboxylic acids is 1. The third kappa shape index (κ3) is 1.83. The summed E-state index contributed by atoms with van der Waals surface area (Å²) in [5, 5.41) is 9.42. The van der Waals surface area contributed by atoms with E-state index in [1.165, 1.54) is 18.4 Å². The van der Waals surface area contributed by atoms with Crippen LogP contribution in [0.1, 0.15) is 23.2 Å². The van der Waals surface area contributed by atoms with Crippen LogP contribution in [-0.2, 0) is 11.2 Å². The topological polar surface area (TPSA) is 65.2 Å². The number of thiophene rings is 1. The summed E-state index contributed by atoms with van der Waals surface area (Å²) in [5.74, 6) is -0.367. The van der Waals surface area contributed by atoms with E-state index >= 15 is 0 Å². The highest BCUT2D eigenvalue weighted by molar-refractivity contribution is 7.13. The van der Waals surface area contributed by atoms with Gasteiger partial charge in [-0.1, -0.05) is 6.92 Å². The number of rotatable bonds is 3. The van der Waals surface area contributed by atoms with Gasteiger partial charge in [0, 0.05) is 0 Å². The van der Waals surface area contributed by atoms with E-state index in [-0.39, 0.29) is 5.89 Å². The summed E-state index contributed by atoms with van der Waals surface area (Å²) in [7, 11) is 1.27. The Morgan fingerprint density at radius 2 is 2.38 bits per heavy atom. The first kappa shape index (κ1) is 10.8. The van der Waals surface area contributed by atoms with Crippen LogP contribution in [0.3, 0.4) is 0 Å². The fourth-order valence-corrected chi connectivity index (χ4v) is 2.20. The maximum Gasteiger partial charge on any atom is 0.396 e. The lowest BCUT2D eigenvalue weighted by Gasteiger charge is -1.94. The van der Waals surface area contributed by atoms with Crippen molar-refractivity contribution >= 4 is 17.3 Å². The zero-order valence-corrected chi connectivity index (χ0v) is 9.71. The molecule has 2 aromatic rings. The molecule has 2 aromatic heterocycles. The zero-order chi connectivity index (χ0) is 11.5. The first-order chi connectivity index (χ1) is 7.76. The third-order valence-electron chi connectivity index (χ3n) is 2.11. The van der Waals surface area contributed by atoms with Crippen molar-refractivity contribution in [3.8, 4) is 10.8 Å². The lowest BCUT2D eigenvalue weighted by atomic mass is 10.2. The average molecular weight is 238 g/mol. The molecule has 0 spiro atoms. The molecule has 0 bridgehead atoms. The Hall–Kier alpha value is -1.69. The van der Waals surface area contributed by atoms with Gasteiger partial charge in [-0.25, -0.2) is 4.79 Å². The Labute approximate surface area is 96.1 Å². The number of hydrogen-bond acceptors (Lipinski definition) is 6. The van der Waals surface area contributed by atoms with E-state index in [1.807, 2.05) is 18.4 Å². The van der Waals surface area contributed by atoms with Gasteiger partial charge in [-0.3, -0.25) is 0 Å². The van der Waals surface area contributed by atoms with Crippen molar-refractivity contribution in [3.05, 3.63) is 22.9 Å². The van der Waals surface area contributed by atoms with Gasteiger partial charge in [0.1, 0.15) is 0 Å². The number of ether oxygens (including phenoxy) is 1. The number of carbonyl (C=O) groups is 1. The second kappa shape index (κ2) is 4.44. The molecule has 84 valence electrons. The predicted molar refractivity (Wildman–Crippen MR) is 58.3 cm³/mol. The van der Waals surface area contributed by atoms with Crippen LogP contribution in [0.15, 0.2) is 15.9 Å². The summed E-state index contributed by atoms with van der Waals surface area (Å²) >= 11 is 1.51. The Bertz CT molecular complexity index is 504. The lowest BCUT2D eigenvalue weighted by Crippen LogP contribution is -2.00. The van der Waals surface area contributed by atoms with E-state index in [0.717, 1.165) is 16.9 Å². The van der Waals surface area contributed by atoms with Crippen molar-refractivity contribution in [2.45, 2.75) is 13.3 Å². The van der Waals surface area contributed by atoms with E-state index in [9.17, 15) is 4.79 Å². The maximum atomic E-state index is 11.1. The van der Waals surface area contributed by atoms with E-state index in [0.29, 0.717) is 5.89 Å². The predicted octanol–water partition coefficient (Wildman–Crippen LogP) is 2.15. The molecule has 2 heterocycles. The van der Waals surface area contributed by atoms with E-state index in [4.69, 9.17) is 4.42 Å². The standard InChI is InChI=1S/C10H10N2O3S/c1-3-6-4-5-16-7(6)8-11-12-9(15-8)10(13)14-2/h4-5H,3H2,1-2H3. The van der Waals surface area contributed by atoms with Crippen LogP contribution in [0.5, 0.6) is 0 Å². The second-order valence-corrected chi connectivity index (χ2v) is 3.95. The molecular weight excluding hydrogens is 228 g/mol. The van der Waals surface area contributed by atoms with E-state index < -0.39 is 5.97 Å². The Kier molecular flexibility index (Phi) is 3.00. The summed E-state index contributed by atoms with van der Waals surface area (Å²) in [6.07, 6.45) is 0.884. The quantitative estimate of drug-likeness (QED) is 0.766. The minimum absolute atomic E-state index is 0.118. The molecule has 16 heavy (non-hydrogen) atoms. The second-order valence-electron chi connectivity index (χ2n) is 3.03. The molecule has 0 N–H and O–H groups in total. The highest BCUT2D eigenvalue weighted by Crippen LogP contribution is 2.28. The van der Waals surface area contributed by atoms with Crippen molar-refractivity contribution in [3.63, 3.8) is 0 Å². The summed E-state index contributed by atoms with van der Waals surface area (Å²) in [5.41, 5.74) is 1.13. The summed E-state index contributed by atoms with van der Waals surface area (Å²) < 4.78 is 9.73. The molecule has 0 unspecified atom stereocenters. The minimum atomic E-state index is -0.617. The lowest BCUT2D eigenvalue weighted by molar-refractivity contribution is 0.0556. The van der Waals surface area contributed by atoms with Crippen LogP contribution in [0.25, 0.3) is 10.8 Å². The van der Waals surface area contributed by atoms with Gasteiger partial charge in [-0.05, 0) is 23.4 Å². The normalized spacial score (nSPS) is 10.4. The number of nitrogens with zero attached hydrogens (tertiary/aromatic N) is 2. The van der Waals surface area contributed by atoms with Gasteiger partial charge >= 0.3 is 11.9 Å². The van der Waals surface area contributed by atoms with Crippen LogP contribution in [0.2, 0.25) is 0 Å². The molecule has 2 rings (SSSR count). The highest BCUT2D eigenvalue weighted by atomic mass is 32.1. The first-order valence-electron chi connectivity index (χ1n) is 4.74. The van der Waals surface area contributed by atoms with Gasteiger partial charge < -0.3 is 9.15 Å². The van der Waals surface area contributed by atoms with E-state index in [1.54, 1.807) is 0 Å². The first-order valence-corrected chi connectivity index (χ1v) is 5.62. The minimum Gasteiger partial charge on any atom is -0.462 e. The zero-order valence-electron chi connectivity index (χ0n) is 8.89. The number of methoxy groups -OCH3 is 1. The van der Waals surface area contributed by atoms with Gasteiger partial charge in [0.25, 0.3) is 5.89 Å². The SMILES string of the molecule is CCc1ccsc1-c1nnc(C(=O)OC)o1. The van der Waals surface area contributed by atoms with Crippen LogP contribution in [0, 0.1) is 0 Å². The third-order valence-corrected chi connectivity index (χ3v) is 3.05. The van der Waals surface area contributed by atoms with Gasteiger partial charge in [0.15, 0.2) is 0 Å². The van der Waals surface area contributed by atoms with Gasteiger partial charge in [-0.15, -0.1) is 21.5 Å². The number of aromatic nitrogens is 2. The molecule has 0 aliphatic rings. The molecule has 0 fully saturated rings. The van der Waals surface area contributed by atoms with Gasteiger partial charge in [0.05, 0.1) is 12.0 Å². The molecular formula is C10H10N2O3S. The average Bonchev–Trinajstić information content (AvgIpc) is 2.95. The molecule has 0 aliphatic carbocycles. The summed E-state index contributed by atoms with van der Waals surface area (Å²) in [4.78, 5) is 12.0. The molecule has 0 atom stereocenters. The van der Waals surface area contributed by atoms with Crippen molar-refractivity contribution in [2.75, 3.05) is 7.11 Å². The molecule has 0 amide bonds. The maximum absolute atomic E-state index is 11.1. The van der Waals surface area contributed by atoms with Gasteiger partial charge in [-0.2, -0.15) is 0 Å². The Morgan fingerprint density at radius 3 is 3.06 bits per heavy atom. The summed E-state index contributed by atoms with van der Waals surface area (Å²) in [6.45, 7) is 2.04. The van der Waals surface area contributed by atoms with Crippen LogP contribution in [-0.4, -0.2) is 23.3 Å². The number of hydrogen-bond donors (Lipinski definition) is 0. The van der Waals surface area contributed by atoms with Crippen LogP contribution < -0.4 is 0 Å². The molecule has 0 aromatic carbocycles. The number of esters is 1. The fourth-order valence-electron chi connectivity index (χ4n) is 1.29. The van der Waals surface area contributed by atoms with Gasteiger partial charge in [0.2, 0.25) is 0 Å². The molecule has 0 radical (unpaired) electrons. The Morgan fingerprint density at radius 1 is 1.56 bits per heavy atom. The molecule has 6 heteroatoms. The van der Waals surface area contributed by atoms with Crippen LogP contribution in [0.4, 0.5) is 0 Å². The number of aryl methyl sites for hydroxylation is 1. The summed E-state index contributed by atoms with van der Waals surface area (Å²) in [6, 6.07) is 2.00. The molecule has 0 aliphatic heterocycles. The van der Waals surface area contributed by atoms with Crippen molar-refractivity contribution < 1.29 is 13.9 Å².